The average Bonchev–Trinajstić information content (AvgIpc) is 3.06. The fraction of sp³-hybridized carbons (Fsp3) is 0.211. The summed E-state index contributed by atoms with van der Waals surface area (Å²) in [5.74, 6) is 1.60. The second-order valence-electron chi connectivity index (χ2n) is 5.76. The van der Waals surface area contributed by atoms with Crippen molar-refractivity contribution in [3.05, 3.63) is 75.8 Å². The maximum Gasteiger partial charge on any atom is 0.252 e. The average molecular weight is 432 g/mol. The van der Waals surface area contributed by atoms with Crippen molar-refractivity contribution in [2.24, 2.45) is 0 Å². The molecule has 0 aliphatic carbocycles. The topological polar surface area (TPSA) is 68.0 Å². The normalized spacial score (nSPS) is 12.0. The van der Waals surface area contributed by atoms with Crippen LogP contribution < -0.4 is 5.32 Å². The van der Waals surface area contributed by atoms with Crippen molar-refractivity contribution in [3.63, 3.8) is 0 Å². The lowest BCUT2D eigenvalue weighted by molar-refractivity contribution is 0.0937. The molecule has 0 aliphatic heterocycles. The predicted octanol–water partition coefficient (Wildman–Crippen LogP) is 4.92. The Hall–Kier alpha value is -2.12. The Kier molecular flexibility index (Phi) is 6.11. The molecule has 1 unspecified atom stereocenters. The highest BCUT2D eigenvalue weighted by molar-refractivity contribution is 9.10. The zero-order chi connectivity index (χ0) is 18.5. The van der Waals surface area contributed by atoms with Crippen molar-refractivity contribution >= 4 is 33.6 Å². The van der Waals surface area contributed by atoms with Gasteiger partial charge in [0.25, 0.3) is 5.91 Å². The molecule has 3 rings (SSSR count). The number of hydrogen-bond acceptors (Lipinski definition) is 5. The van der Waals surface area contributed by atoms with E-state index in [0.29, 0.717) is 23.0 Å². The fourth-order valence-corrected chi connectivity index (χ4v) is 3.59. The minimum absolute atomic E-state index is 0.0893. The van der Waals surface area contributed by atoms with Crippen LogP contribution in [0, 0.1) is 6.92 Å². The van der Waals surface area contributed by atoms with Gasteiger partial charge in [-0.25, -0.2) is 0 Å². The van der Waals surface area contributed by atoms with Crippen LogP contribution in [-0.2, 0) is 5.75 Å². The molecule has 1 N–H and O–H groups in total. The van der Waals surface area contributed by atoms with Crippen LogP contribution >= 0.6 is 27.7 Å². The molecular formula is C19H18BrN3O2S. The van der Waals surface area contributed by atoms with E-state index in [4.69, 9.17) is 4.52 Å². The molecule has 7 heteroatoms. The summed E-state index contributed by atoms with van der Waals surface area (Å²) in [6.07, 6.45) is 0. The van der Waals surface area contributed by atoms with Gasteiger partial charge in [0, 0.05) is 16.3 Å². The minimum Gasteiger partial charge on any atom is -0.345 e. The summed E-state index contributed by atoms with van der Waals surface area (Å²) >= 11 is 4.94. The van der Waals surface area contributed by atoms with Gasteiger partial charge in [0.2, 0.25) is 5.89 Å². The molecule has 0 fully saturated rings. The Morgan fingerprint density at radius 1 is 1.23 bits per heavy atom. The minimum atomic E-state index is -0.104. The lowest BCUT2D eigenvalue weighted by Crippen LogP contribution is -2.27. The van der Waals surface area contributed by atoms with Gasteiger partial charge in [-0.3, -0.25) is 4.79 Å². The maximum atomic E-state index is 12.7. The van der Waals surface area contributed by atoms with Crippen LogP contribution in [0.25, 0.3) is 0 Å². The van der Waals surface area contributed by atoms with Crippen molar-refractivity contribution in [2.75, 3.05) is 0 Å². The Balaban J connectivity index is 1.69. The molecule has 1 aromatic heterocycles. The van der Waals surface area contributed by atoms with Gasteiger partial charge < -0.3 is 9.84 Å². The molecule has 3 aromatic rings. The number of halogens is 1. The molecule has 1 heterocycles. The van der Waals surface area contributed by atoms with Gasteiger partial charge in [-0.1, -0.05) is 45.4 Å². The molecule has 0 aliphatic rings. The van der Waals surface area contributed by atoms with Crippen molar-refractivity contribution in [3.8, 4) is 0 Å². The number of aromatic nitrogens is 2. The van der Waals surface area contributed by atoms with E-state index >= 15 is 0 Å². The lowest BCUT2D eigenvalue weighted by atomic mass is 10.1. The maximum absolute atomic E-state index is 12.7. The Morgan fingerprint density at radius 2 is 1.96 bits per heavy atom. The zero-order valence-electron chi connectivity index (χ0n) is 14.4. The monoisotopic (exact) mass is 431 g/mol. The number of rotatable bonds is 6. The number of hydrogen-bond donors (Lipinski definition) is 1. The number of aryl methyl sites for hydroxylation is 1. The van der Waals surface area contributed by atoms with Crippen LogP contribution in [0.4, 0.5) is 0 Å². The van der Waals surface area contributed by atoms with Crippen LogP contribution in [0.15, 0.2) is 62.4 Å². The van der Waals surface area contributed by atoms with Crippen molar-refractivity contribution in [1.29, 1.82) is 0 Å². The molecule has 134 valence electrons. The molecular weight excluding hydrogens is 414 g/mol. The third-order valence-electron chi connectivity index (χ3n) is 3.78. The first kappa shape index (κ1) is 18.7. The molecule has 0 saturated carbocycles. The van der Waals surface area contributed by atoms with E-state index in [2.05, 4.69) is 31.4 Å². The van der Waals surface area contributed by atoms with Crippen LogP contribution in [-0.4, -0.2) is 16.0 Å². The van der Waals surface area contributed by atoms with Crippen molar-refractivity contribution in [1.82, 2.24) is 15.5 Å². The summed E-state index contributed by atoms with van der Waals surface area (Å²) in [5, 5.41) is 6.95. The molecule has 26 heavy (non-hydrogen) atoms. The van der Waals surface area contributed by atoms with Crippen LogP contribution in [0.3, 0.4) is 0 Å². The van der Waals surface area contributed by atoms with Gasteiger partial charge in [0.05, 0.1) is 17.4 Å². The van der Waals surface area contributed by atoms with Gasteiger partial charge in [0.1, 0.15) is 0 Å². The SMILES string of the molecule is Cc1nc(CSc2ccccc2C(=O)NC(C)c2ccc(Br)cc2)no1. The van der Waals surface area contributed by atoms with E-state index in [9.17, 15) is 4.79 Å². The summed E-state index contributed by atoms with van der Waals surface area (Å²) in [6, 6.07) is 15.4. The summed E-state index contributed by atoms with van der Waals surface area (Å²) in [5.41, 5.74) is 1.69. The number of amides is 1. The third-order valence-corrected chi connectivity index (χ3v) is 5.37. The number of nitrogens with one attached hydrogen (secondary N) is 1. The summed E-state index contributed by atoms with van der Waals surface area (Å²) in [7, 11) is 0. The first-order valence-corrected chi connectivity index (χ1v) is 9.88. The second kappa shape index (κ2) is 8.51. The standard InChI is InChI=1S/C19H18BrN3O2S/c1-12(14-7-9-15(20)10-8-14)21-19(24)16-5-3-4-6-17(16)26-11-18-22-13(2)25-23-18/h3-10,12H,11H2,1-2H3,(H,21,24). The largest absolute Gasteiger partial charge is 0.345 e. The first-order chi connectivity index (χ1) is 12.5. The molecule has 0 radical (unpaired) electrons. The number of carbonyl (C=O) groups is 1. The van der Waals surface area contributed by atoms with Crippen molar-refractivity contribution < 1.29 is 9.32 Å². The van der Waals surface area contributed by atoms with E-state index in [1.54, 1.807) is 6.92 Å². The smallest absolute Gasteiger partial charge is 0.252 e. The summed E-state index contributed by atoms with van der Waals surface area (Å²) in [6.45, 7) is 3.73. The molecule has 2 aromatic carbocycles. The quantitative estimate of drug-likeness (QED) is 0.560. The number of benzene rings is 2. The Morgan fingerprint density at radius 3 is 2.65 bits per heavy atom. The van der Waals surface area contributed by atoms with Crippen LogP contribution in [0.2, 0.25) is 0 Å². The lowest BCUT2D eigenvalue weighted by Gasteiger charge is -2.16. The van der Waals surface area contributed by atoms with Gasteiger partial charge in [-0.2, -0.15) is 4.98 Å². The summed E-state index contributed by atoms with van der Waals surface area (Å²) in [4.78, 5) is 17.8. The molecule has 0 spiro atoms. The van der Waals surface area contributed by atoms with E-state index in [-0.39, 0.29) is 11.9 Å². The van der Waals surface area contributed by atoms with Gasteiger partial charge >= 0.3 is 0 Å². The number of carbonyl (C=O) groups excluding carboxylic acids is 1. The third kappa shape index (κ3) is 4.74. The number of thioether (sulfide) groups is 1. The molecule has 1 atom stereocenters. The zero-order valence-corrected chi connectivity index (χ0v) is 16.8. The van der Waals surface area contributed by atoms with E-state index in [0.717, 1.165) is 14.9 Å². The van der Waals surface area contributed by atoms with Gasteiger partial charge in [-0.15, -0.1) is 11.8 Å². The van der Waals surface area contributed by atoms with Gasteiger partial charge in [-0.05, 0) is 36.8 Å². The van der Waals surface area contributed by atoms with E-state index in [1.807, 2.05) is 55.5 Å². The van der Waals surface area contributed by atoms with Crippen molar-refractivity contribution in [2.45, 2.75) is 30.5 Å². The van der Waals surface area contributed by atoms with E-state index < -0.39 is 0 Å². The highest BCUT2D eigenvalue weighted by atomic mass is 79.9. The Labute approximate surface area is 164 Å². The van der Waals surface area contributed by atoms with Crippen LogP contribution in [0.5, 0.6) is 0 Å². The van der Waals surface area contributed by atoms with Gasteiger partial charge in [0.15, 0.2) is 5.82 Å². The Bertz CT molecular complexity index is 896. The highest BCUT2D eigenvalue weighted by Crippen LogP contribution is 2.26. The molecule has 1 amide bonds. The molecule has 0 saturated heterocycles. The van der Waals surface area contributed by atoms with Crippen LogP contribution in [0.1, 0.15) is 40.6 Å². The highest BCUT2D eigenvalue weighted by Gasteiger charge is 2.15. The second-order valence-corrected chi connectivity index (χ2v) is 7.69. The first-order valence-electron chi connectivity index (χ1n) is 8.10. The predicted molar refractivity (Wildman–Crippen MR) is 105 cm³/mol. The molecule has 5 nitrogen and oxygen atoms in total. The molecule has 0 bridgehead atoms. The number of nitrogens with zero attached hydrogens (tertiary/aromatic N) is 2. The van der Waals surface area contributed by atoms with E-state index in [1.165, 1.54) is 11.8 Å². The fourth-order valence-electron chi connectivity index (χ4n) is 2.43. The summed E-state index contributed by atoms with van der Waals surface area (Å²) < 4.78 is 6.00.